The molecule has 154 valence electrons. The van der Waals surface area contributed by atoms with Crippen LogP contribution in [0.15, 0.2) is 12.1 Å². The smallest absolute Gasteiger partial charge is 0.137 e. The first-order valence-electron chi connectivity index (χ1n) is 9.97. The van der Waals surface area contributed by atoms with Crippen molar-refractivity contribution in [2.45, 2.75) is 70.6 Å². The summed E-state index contributed by atoms with van der Waals surface area (Å²) in [6.07, 6.45) is 9.71. The van der Waals surface area contributed by atoms with Crippen LogP contribution in [0.2, 0.25) is 0 Å². The predicted molar refractivity (Wildman–Crippen MR) is 101 cm³/mol. The zero-order valence-corrected chi connectivity index (χ0v) is 16.1. The van der Waals surface area contributed by atoms with Crippen molar-refractivity contribution in [3.8, 4) is 0 Å². The standard InChI is InChI=1S/C21H32F3NO2/c22-17-14-20(23)19(21(24)15-17)16-18(26)10-8-6-4-2-1-3-5-7-9-12-27-13-11-25/h14-15H,1-13,16,25H2. The first-order valence-corrected chi connectivity index (χ1v) is 9.97. The molecule has 0 amide bonds. The molecule has 0 spiro atoms. The van der Waals surface area contributed by atoms with E-state index >= 15 is 0 Å². The average molecular weight is 387 g/mol. The van der Waals surface area contributed by atoms with Crippen molar-refractivity contribution in [1.82, 2.24) is 0 Å². The van der Waals surface area contributed by atoms with Gasteiger partial charge in [0.15, 0.2) is 0 Å². The summed E-state index contributed by atoms with van der Waals surface area (Å²) in [6, 6.07) is 1.22. The molecule has 1 aromatic rings. The van der Waals surface area contributed by atoms with Crippen molar-refractivity contribution < 1.29 is 22.7 Å². The first-order chi connectivity index (χ1) is 13.0. The van der Waals surface area contributed by atoms with Crippen LogP contribution in [0.5, 0.6) is 0 Å². The highest BCUT2D eigenvalue weighted by atomic mass is 19.1. The normalized spacial score (nSPS) is 11.1. The molecule has 6 heteroatoms. The van der Waals surface area contributed by atoms with Crippen molar-refractivity contribution in [3.05, 3.63) is 35.1 Å². The average Bonchev–Trinajstić information content (AvgIpc) is 2.62. The van der Waals surface area contributed by atoms with Crippen LogP contribution in [0, 0.1) is 17.5 Å². The van der Waals surface area contributed by atoms with Crippen LogP contribution < -0.4 is 5.73 Å². The summed E-state index contributed by atoms with van der Waals surface area (Å²) >= 11 is 0. The number of ketones is 1. The van der Waals surface area contributed by atoms with E-state index in [1.54, 1.807) is 0 Å². The number of hydrogen-bond donors (Lipinski definition) is 1. The Kier molecular flexibility index (Phi) is 12.8. The zero-order chi connectivity index (χ0) is 19.9. The number of unbranched alkanes of at least 4 members (excludes halogenated alkanes) is 8. The van der Waals surface area contributed by atoms with Crippen LogP contribution in [0.25, 0.3) is 0 Å². The number of benzene rings is 1. The zero-order valence-electron chi connectivity index (χ0n) is 16.1. The van der Waals surface area contributed by atoms with Crippen LogP contribution in [-0.4, -0.2) is 25.5 Å². The summed E-state index contributed by atoms with van der Waals surface area (Å²) in [5.74, 6) is -3.17. The lowest BCUT2D eigenvalue weighted by Gasteiger charge is -2.05. The van der Waals surface area contributed by atoms with Gasteiger partial charge in [0.2, 0.25) is 0 Å². The summed E-state index contributed by atoms with van der Waals surface area (Å²) in [6.45, 7) is 2.00. The number of carbonyl (C=O) groups excluding carboxylic acids is 1. The fourth-order valence-corrected chi connectivity index (χ4v) is 2.98. The van der Waals surface area contributed by atoms with E-state index in [9.17, 15) is 18.0 Å². The van der Waals surface area contributed by atoms with Gasteiger partial charge in [-0.05, 0) is 12.8 Å². The third-order valence-electron chi connectivity index (χ3n) is 4.49. The minimum atomic E-state index is -0.994. The molecule has 0 heterocycles. The largest absolute Gasteiger partial charge is 0.380 e. The molecule has 0 fully saturated rings. The maximum atomic E-state index is 13.5. The molecule has 27 heavy (non-hydrogen) atoms. The van der Waals surface area contributed by atoms with Gasteiger partial charge in [0, 0.05) is 43.7 Å². The van der Waals surface area contributed by atoms with Crippen molar-refractivity contribution in [2.75, 3.05) is 19.8 Å². The monoisotopic (exact) mass is 387 g/mol. The number of carbonyl (C=O) groups is 1. The number of rotatable bonds is 16. The Hall–Kier alpha value is -1.40. The summed E-state index contributed by atoms with van der Waals surface area (Å²) in [7, 11) is 0. The molecule has 2 N–H and O–H groups in total. The maximum Gasteiger partial charge on any atom is 0.137 e. The van der Waals surface area contributed by atoms with E-state index in [1.807, 2.05) is 0 Å². The van der Waals surface area contributed by atoms with E-state index in [0.717, 1.165) is 38.7 Å². The highest BCUT2D eigenvalue weighted by Gasteiger charge is 2.14. The van der Waals surface area contributed by atoms with Gasteiger partial charge in [-0.1, -0.05) is 44.9 Å². The Balaban J connectivity index is 1.99. The molecule has 0 aliphatic carbocycles. The van der Waals surface area contributed by atoms with Gasteiger partial charge in [-0.25, -0.2) is 13.2 Å². The minimum Gasteiger partial charge on any atom is -0.380 e. The van der Waals surface area contributed by atoms with Gasteiger partial charge < -0.3 is 10.5 Å². The molecular weight excluding hydrogens is 355 g/mol. The summed E-state index contributed by atoms with van der Waals surface area (Å²) in [5, 5.41) is 0. The molecule has 0 radical (unpaired) electrons. The number of hydrogen-bond acceptors (Lipinski definition) is 3. The molecule has 0 unspecified atom stereocenters. The third-order valence-corrected chi connectivity index (χ3v) is 4.49. The van der Waals surface area contributed by atoms with Crippen LogP contribution in [-0.2, 0) is 16.0 Å². The minimum absolute atomic E-state index is 0.212. The molecule has 1 rings (SSSR count). The Morgan fingerprint density at radius 2 is 1.33 bits per heavy atom. The Labute approximate surface area is 160 Å². The number of ether oxygens (including phenoxy) is 1. The Morgan fingerprint density at radius 1 is 0.815 bits per heavy atom. The molecule has 3 nitrogen and oxygen atoms in total. The van der Waals surface area contributed by atoms with Crippen LogP contribution in [0.3, 0.4) is 0 Å². The third kappa shape index (κ3) is 11.1. The van der Waals surface area contributed by atoms with E-state index in [2.05, 4.69) is 0 Å². The van der Waals surface area contributed by atoms with Crippen LogP contribution >= 0.6 is 0 Å². The van der Waals surface area contributed by atoms with E-state index in [1.165, 1.54) is 25.7 Å². The highest BCUT2D eigenvalue weighted by molar-refractivity contribution is 5.80. The van der Waals surface area contributed by atoms with Crippen molar-refractivity contribution in [1.29, 1.82) is 0 Å². The second-order valence-corrected chi connectivity index (χ2v) is 6.90. The number of Topliss-reactive ketones (excluding diaryl/α,β-unsaturated/α-hetero) is 1. The second-order valence-electron chi connectivity index (χ2n) is 6.90. The molecule has 0 aliphatic heterocycles. The highest BCUT2D eigenvalue weighted by Crippen LogP contribution is 2.17. The topological polar surface area (TPSA) is 52.3 Å². The molecule has 0 bridgehead atoms. The molecule has 0 saturated carbocycles. The summed E-state index contributed by atoms with van der Waals surface area (Å²) in [4.78, 5) is 11.9. The van der Waals surface area contributed by atoms with Crippen molar-refractivity contribution in [2.24, 2.45) is 5.73 Å². The van der Waals surface area contributed by atoms with E-state index in [4.69, 9.17) is 10.5 Å². The predicted octanol–water partition coefficient (Wildman–Crippen LogP) is 5.09. The number of nitrogens with two attached hydrogens (primary N) is 1. The van der Waals surface area contributed by atoms with Crippen molar-refractivity contribution in [3.63, 3.8) is 0 Å². The lowest BCUT2D eigenvalue weighted by molar-refractivity contribution is -0.118. The van der Waals surface area contributed by atoms with Gasteiger partial charge in [-0.3, -0.25) is 4.79 Å². The molecule has 1 aromatic carbocycles. The molecule has 0 aromatic heterocycles. The lowest BCUT2D eigenvalue weighted by Crippen LogP contribution is -2.08. The first kappa shape index (κ1) is 23.6. The molecular formula is C21H32F3NO2. The molecule has 0 atom stereocenters. The SMILES string of the molecule is NCCOCCCCCCCCCCCC(=O)Cc1c(F)cc(F)cc1F. The lowest BCUT2D eigenvalue weighted by atomic mass is 10.0. The van der Waals surface area contributed by atoms with E-state index in [0.29, 0.717) is 31.7 Å². The van der Waals surface area contributed by atoms with E-state index < -0.39 is 17.5 Å². The van der Waals surface area contributed by atoms with Crippen LogP contribution in [0.1, 0.15) is 69.8 Å². The fraction of sp³-hybridized carbons (Fsp3) is 0.667. The van der Waals surface area contributed by atoms with Gasteiger partial charge in [0.1, 0.15) is 23.2 Å². The number of halogens is 3. The van der Waals surface area contributed by atoms with Gasteiger partial charge in [0.25, 0.3) is 0 Å². The van der Waals surface area contributed by atoms with Crippen LogP contribution in [0.4, 0.5) is 13.2 Å². The molecule has 0 saturated heterocycles. The van der Waals surface area contributed by atoms with E-state index in [-0.39, 0.29) is 17.8 Å². The fourth-order valence-electron chi connectivity index (χ4n) is 2.98. The maximum absolute atomic E-state index is 13.5. The Bertz CT molecular complexity index is 529. The van der Waals surface area contributed by atoms with Gasteiger partial charge in [0.05, 0.1) is 6.61 Å². The summed E-state index contributed by atoms with van der Waals surface area (Å²) < 4.78 is 45.2. The van der Waals surface area contributed by atoms with Gasteiger partial charge >= 0.3 is 0 Å². The van der Waals surface area contributed by atoms with Gasteiger partial charge in [-0.2, -0.15) is 0 Å². The van der Waals surface area contributed by atoms with Crippen molar-refractivity contribution >= 4 is 5.78 Å². The Morgan fingerprint density at radius 3 is 1.89 bits per heavy atom. The second kappa shape index (κ2) is 14.6. The quantitative estimate of drug-likeness (QED) is 0.402. The summed E-state index contributed by atoms with van der Waals surface area (Å²) in [5.41, 5.74) is 5.00. The molecule has 0 aliphatic rings. The van der Waals surface area contributed by atoms with Gasteiger partial charge in [-0.15, -0.1) is 0 Å².